The topological polar surface area (TPSA) is 49.3 Å². The number of fused-ring (bicyclic) bond motifs is 1. The summed E-state index contributed by atoms with van der Waals surface area (Å²) in [5.41, 5.74) is 1.70. The predicted molar refractivity (Wildman–Crippen MR) is 109 cm³/mol. The molecule has 4 rings (SSSR count). The van der Waals surface area contributed by atoms with Gasteiger partial charge in [0, 0.05) is 12.0 Å². The number of carbonyl (C=O) groups excluding carboxylic acids is 1. The molecule has 0 fully saturated rings. The van der Waals surface area contributed by atoms with Crippen LogP contribution in [0.1, 0.15) is 36.4 Å². The Morgan fingerprint density at radius 3 is 2.59 bits per heavy atom. The van der Waals surface area contributed by atoms with Crippen LogP contribution in [-0.4, -0.2) is 11.0 Å². The van der Waals surface area contributed by atoms with Gasteiger partial charge in [0.15, 0.2) is 0 Å². The lowest BCUT2D eigenvalue weighted by atomic mass is 9.92. The number of hydrogen-bond acceptors (Lipinski definition) is 2. The first-order valence-corrected chi connectivity index (χ1v) is 9.44. The highest BCUT2D eigenvalue weighted by Gasteiger charge is 2.23. The van der Waals surface area contributed by atoms with Crippen LogP contribution in [0.2, 0.25) is 0 Å². The molecule has 2 atom stereocenters. The summed E-state index contributed by atoms with van der Waals surface area (Å²) >= 11 is 0. The predicted octanol–water partition coefficient (Wildman–Crippen LogP) is 5.11. The number of allylic oxidation sites excluding steroid dienone is 2. The first-order chi connectivity index (χ1) is 13.2. The summed E-state index contributed by atoms with van der Waals surface area (Å²) in [6.45, 7) is 0. The van der Waals surface area contributed by atoms with Gasteiger partial charge in [-0.1, -0.05) is 72.8 Å². The third-order valence-corrected chi connectivity index (χ3v) is 5.23. The number of rotatable bonds is 5. The Kier molecular flexibility index (Phi) is 4.93. The average Bonchev–Trinajstić information content (AvgIpc) is 3.20. The SMILES string of the molecule is O=C(CC1C=CCC1)NC(c1ccccc1)c1c(O)ccc2ccccc12. The summed E-state index contributed by atoms with van der Waals surface area (Å²) in [7, 11) is 0. The van der Waals surface area contributed by atoms with Crippen LogP contribution < -0.4 is 5.32 Å². The quantitative estimate of drug-likeness (QED) is 0.624. The second-order valence-electron chi connectivity index (χ2n) is 7.10. The molecule has 0 spiro atoms. The molecule has 1 aliphatic rings. The van der Waals surface area contributed by atoms with E-state index < -0.39 is 6.04 Å². The molecule has 2 N–H and O–H groups in total. The minimum atomic E-state index is -0.393. The molecule has 136 valence electrons. The van der Waals surface area contributed by atoms with Crippen molar-refractivity contribution in [3.8, 4) is 5.75 Å². The fourth-order valence-corrected chi connectivity index (χ4v) is 3.88. The van der Waals surface area contributed by atoms with Crippen LogP contribution in [0.4, 0.5) is 0 Å². The molecule has 3 heteroatoms. The van der Waals surface area contributed by atoms with E-state index in [1.807, 2.05) is 60.7 Å². The molecule has 27 heavy (non-hydrogen) atoms. The summed E-state index contributed by atoms with van der Waals surface area (Å²) in [6.07, 6.45) is 6.83. The minimum absolute atomic E-state index is 0.00716. The van der Waals surface area contributed by atoms with Crippen LogP contribution in [0.3, 0.4) is 0 Å². The van der Waals surface area contributed by atoms with Crippen LogP contribution in [-0.2, 0) is 4.79 Å². The van der Waals surface area contributed by atoms with Crippen molar-refractivity contribution in [2.24, 2.45) is 5.92 Å². The van der Waals surface area contributed by atoms with Crippen molar-refractivity contribution in [1.82, 2.24) is 5.32 Å². The van der Waals surface area contributed by atoms with Crippen LogP contribution in [0.15, 0.2) is 78.9 Å². The molecule has 0 heterocycles. The van der Waals surface area contributed by atoms with Crippen molar-refractivity contribution in [3.05, 3.63) is 90.0 Å². The maximum Gasteiger partial charge on any atom is 0.221 e. The van der Waals surface area contributed by atoms with E-state index in [0.717, 1.165) is 34.7 Å². The fraction of sp³-hybridized carbons (Fsp3) is 0.208. The van der Waals surface area contributed by atoms with Crippen molar-refractivity contribution >= 4 is 16.7 Å². The summed E-state index contributed by atoms with van der Waals surface area (Å²) in [5.74, 6) is 0.513. The van der Waals surface area contributed by atoms with Gasteiger partial charge in [-0.25, -0.2) is 0 Å². The van der Waals surface area contributed by atoms with Gasteiger partial charge in [0.25, 0.3) is 0 Å². The number of aromatic hydroxyl groups is 1. The van der Waals surface area contributed by atoms with Crippen LogP contribution in [0.25, 0.3) is 10.8 Å². The summed E-state index contributed by atoms with van der Waals surface area (Å²) in [4.78, 5) is 12.8. The van der Waals surface area contributed by atoms with Gasteiger partial charge in [-0.3, -0.25) is 4.79 Å². The van der Waals surface area contributed by atoms with Crippen LogP contribution in [0.5, 0.6) is 5.75 Å². The third kappa shape index (κ3) is 3.72. The number of amides is 1. The Hall–Kier alpha value is -3.07. The Morgan fingerprint density at radius 2 is 1.81 bits per heavy atom. The zero-order valence-electron chi connectivity index (χ0n) is 15.1. The van der Waals surface area contributed by atoms with E-state index >= 15 is 0 Å². The van der Waals surface area contributed by atoms with Gasteiger partial charge in [-0.05, 0) is 41.2 Å². The minimum Gasteiger partial charge on any atom is -0.508 e. The molecule has 1 aliphatic carbocycles. The molecule has 0 bridgehead atoms. The lowest BCUT2D eigenvalue weighted by Gasteiger charge is -2.23. The molecule has 3 nitrogen and oxygen atoms in total. The van der Waals surface area contributed by atoms with Gasteiger partial charge in [-0.2, -0.15) is 0 Å². The Labute approximate surface area is 159 Å². The van der Waals surface area contributed by atoms with Crippen molar-refractivity contribution in [3.63, 3.8) is 0 Å². The largest absolute Gasteiger partial charge is 0.508 e. The first kappa shape index (κ1) is 17.3. The van der Waals surface area contributed by atoms with Gasteiger partial charge >= 0.3 is 0 Å². The third-order valence-electron chi connectivity index (χ3n) is 5.23. The van der Waals surface area contributed by atoms with E-state index in [1.165, 1.54) is 0 Å². The van der Waals surface area contributed by atoms with E-state index in [9.17, 15) is 9.90 Å². The zero-order valence-corrected chi connectivity index (χ0v) is 15.1. The van der Waals surface area contributed by atoms with Crippen molar-refractivity contribution in [1.29, 1.82) is 0 Å². The summed E-state index contributed by atoms with van der Waals surface area (Å²) < 4.78 is 0. The summed E-state index contributed by atoms with van der Waals surface area (Å²) in [5, 5.41) is 15.8. The van der Waals surface area contributed by atoms with Crippen molar-refractivity contribution < 1.29 is 9.90 Å². The molecule has 2 unspecified atom stereocenters. The van der Waals surface area contributed by atoms with E-state index in [4.69, 9.17) is 0 Å². The molecular weight excluding hydrogens is 334 g/mol. The van der Waals surface area contributed by atoms with E-state index in [0.29, 0.717) is 12.3 Å². The van der Waals surface area contributed by atoms with E-state index in [1.54, 1.807) is 6.07 Å². The number of phenolic OH excluding ortho intramolecular Hbond substituents is 1. The van der Waals surface area contributed by atoms with Gasteiger partial charge < -0.3 is 10.4 Å². The number of benzene rings is 3. The number of nitrogens with one attached hydrogen (secondary N) is 1. The molecule has 0 saturated heterocycles. The molecule has 0 aromatic heterocycles. The molecule has 0 aliphatic heterocycles. The molecule has 0 radical (unpaired) electrons. The van der Waals surface area contributed by atoms with Gasteiger partial charge in [0.1, 0.15) is 5.75 Å². The number of phenols is 1. The highest BCUT2D eigenvalue weighted by molar-refractivity contribution is 5.89. The van der Waals surface area contributed by atoms with Gasteiger partial charge in [0.2, 0.25) is 5.91 Å². The lowest BCUT2D eigenvalue weighted by molar-refractivity contribution is -0.122. The highest BCUT2D eigenvalue weighted by atomic mass is 16.3. The second kappa shape index (κ2) is 7.67. The highest BCUT2D eigenvalue weighted by Crippen LogP contribution is 2.36. The van der Waals surface area contributed by atoms with E-state index in [2.05, 4.69) is 17.5 Å². The monoisotopic (exact) mass is 357 g/mol. The standard InChI is InChI=1S/C24H23NO2/c26-21-15-14-18-10-6-7-13-20(18)23(21)24(19-11-2-1-3-12-19)25-22(27)16-17-8-4-5-9-17/h1-4,6-8,10-15,17,24,26H,5,9,16H2,(H,25,27). The number of hydrogen-bond donors (Lipinski definition) is 2. The van der Waals surface area contributed by atoms with Crippen molar-refractivity contribution in [2.75, 3.05) is 0 Å². The normalized spacial score (nSPS) is 17.1. The second-order valence-corrected chi connectivity index (χ2v) is 7.10. The average molecular weight is 357 g/mol. The first-order valence-electron chi connectivity index (χ1n) is 9.44. The number of carbonyl (C=O) groups is 1. The Bertz CT molecular complexity index is 978. The van der Waals surface area contributed by atoms with Crippen molar-refractivity contribution in [2.45, 2.75) is 25.3 Å². The molecule has 1 amide bonds. The fourth-order valence-electron chi connectivity index (χ4n) is 3.88. The Balaban J connectivity index is 1.74. The zero-order chi connectivity index (χ0) is 18.6. The van der Waals surface area contributed by atoms with Crippen LogP contribution >= 0.6 is 0 Å². The Morgan fingerprint density at radius 1 is 1.04 bits per heavy atom. The smallest absolute Gasteiger partial charge is 0.221 e. The molecule has 3 aromatic carbocycles. The van der Waals surface area contributed by atoms with Gasteiger partial charge in [-0.15, -0.1) is 0 Å². The van der Waals surface area contributed by atoms with E-state index in [-0.39, 0.29) is 11.7 Å². The molecule has 0 saturated carbocycles. The van der Waals surface area contributed by atoms with Crippen LogP contribution in [0, 0.1) is 5.92 Å². The maximum absolute atomic E-state index is 12.8. The maximum atomic E-state index is 12.8. The molecular formula is C24H23NO2. The van der Waals surface area contributed by atoms with Gasteiger partial charge in [0.05, 0.1) is 6.04 Å². The summed E-state index contributed by atoms with van der Waals surface area (Å²) in [6, 6.07) is 21.0. The molecule has 3 aromatic rings. The lowest BCUT2D eigenvalue weighted by Crippen LogP contribution is -2.30.